The van der Waals surface area contributed by atoms with E-state index in [1.54, 1.807) is 18.1 Å². The van der Waals surface area contributed by atoms with Crippen LogP contribution >= 0.6 is 11.6 Å². The molecular weight excluding hydrogens is 140 g/mol. The lowest BCUT2D eigenvalue weighted by Gasteiger charge is -2.29. The van der Waals surface area contributed by atoms with E-state index >= 15 is 0 Å². The van der Waals surface area contributed by atoms with Gasteiger partial charge in [-0.05, 0) is 0 Å². The molecule has 1 unspecified atom stereocenters. The number of alkyl halides is 1. The van der Waals surface area contributed by atoms with Crippen LogP contribution in [-0.4, -0.2) is 17.6 Å². The third kappa shape index (κ3) is 1.20. The molecule has 0 saturated carbocycles. The SMILES string of the molecule is CN1C(N)=CNNC1Cl. The molecule has 0 fully saturated rings. The van der Waals surface area contributed by atoms with E-state index in [4.69, 9.17) is 17.3 Å². The maximum absolute atomic E-state index is 5.69. The fourth-order valence-electron chi connectivity index (χ4n) is 0.514. The van der Waals surface area contributed by atoms with Crippen molar-refractivity contribution in [2.24, 2.45) is 5.73 Å². The molecule has 0 saturated heterocycles. The highest BCUT2D eigenvalue weighted by atomic mass is 35.5. The first-order chi connectivity index (χ1) is 4.22. The van der Waals surface area contributed by atoms with Crippen LogP contribution in [0.15, 0.2) is 12.0 Å². The predicted octanol–water partition coefficient (Wildman–Crippen LogP) is -0.694. The van der Waals surface area contributed by atoms with Crippen LogP contribution in [0.1, 0.15) is 0 Å². The Hall–Kier alpha value is -0.610. The standard InChI is InChI=1S/C4H9ClN4/c1-9-3(6)2-7-8-4(9)5/h2,4,7-8H,6H2,1H3. The Bertz CT molecular complexity index is 135. The van der Waals surface area contributed by atoms with Gasteiger partial charge in [-0.3, -0.25) is 0 Å². The van der Waals surface area contributed by atoms with Crippen LogP contribution in [0.2, 0.25) is 0 Å². The maximum atomic E-state index is 5.69. The molecule has 0 spiro atoms. The summed E-state index contributed by atoms with van der Waals surface area (Å²) >= 11 is 5.69. The predicted molar refractivity (Wildman–Crippen MR) is 35.9 cm³/mol. The highest BCUT2D eigenvalue weighted by Crippen LogP contribution is 2.04. The second-order valence-electron chi connectivity index (χ2n) is 1.80. The summed E-state index contributed by atoms with van der Waals surface area (Å²) in [6, 6.07) is 0. The zero-order valence-corrected chi connectivity index (χ0v) is 5.81. The minimum absolute atomic E-state index is 0.269. The molecule has 0 aliphatic carbocycles. The highest BCUT2D eigenvalue weighted by Gasteiger charge is 2.13. The van der Waals surface area contributed by atoms with E-state index in [9.17, 15) is 0 Å². The zero-order valence-electron chi connectivity index (χ0n) is 5.06. The van der Waals surface area contributed by atoms with E-state index in [0.29, 0.717) is 5.82 Å². The van der Waals surface area contributed by atoms with Crippen LogP contribution < -0.4 is 16.6 Å². The van der Waals surface area contributed by atoms with Crippen LogP contribution in [0, 0.1) is 0 Å². The molecule has 0 amide bonds. The highest BCUT2D eigenvalue weighted by molar-refractivity contribution is 6.20. The second-order valence-corrected chi connectivity index (χ2v) is 2.22. The van der Waals surface area contributed by atoms with Gasteiger partial charge in [0.25, 0.3) is 0 Å². The van der Waals surface area contributed by atoms with E-state index in [1.165, 1.54) is 0 Å². The zero-order chi connectivity index (χ0) is 6.85. The van der Waals surface area contributed by atoms with Crippen molar-refractivity contribution >= 4 is 11.6 Å². The molecule has 1 aliphatic heterocycles. The van der Waals surface area contributed by atoms with Gasteiger partial charge in [0.2, 0.25) is 0 Å². The number of nitrogens with zero attached hydrogens (tertiary/aromatic N) is 1. The lowest BCUT2D eigenvalue weighted by Crippen LogP contribution is -2.50. The summed E-state index contributed by atoms with van der Waals surface area (Å²) in [4.78, 5) is 1.71. The Morgan fingerprint density at radius 1 is 1.89 bits per heavy atom. The first kappa shape index (κ1) is 6.51. The normalized spacial score (nSPS) is 27.1. The van der Waals surface area contributed by atoms with E-state index in [-0.39, 0.29) is 5.62 Å². The summed E-state index contributed by atoms with van der Waals surface area (Å²) in [5.74, 6) is 0.619. The number of nitrogens with one attached hydrogen (secondary N) is 2. The number of hydrogen-bond donors (Lipinski definition) is 3. The van der Waals surface area contributed by atoms with Crippen LogP contribution in [0.25, 0.3) is 0 Å². The molecule has 0 bridgehead atoms. The Kier molecular flexibility index (Phi) is 1.68. The lowest BCUT2D eigenvalue weighted by atomic mass is 10.6. The van der Waals surface area contributed by atoms with Crippen molar-refractivity contribution in [3.63, 3.8) is 0 Å². The maximum Gasteiger partial charge on any atom is 0.174 e. The van der Waals surface area contributed by atoms with Gasteiger partial charge >= 0.3 is 0 Å². The van der Waals surface area contributed by atoms with Gasteiger partial charge in [0, 0.05) is 7.05 Å². The van der Waals surface area contributed by atoms with Crippen molar-refractivity contribution in [3.05, 3.63) is 12.0 Å². The Morgan fingerprint density at radius 3 is 3.00 bits per heavy atom. The molecule has 0 aromatic carbocycles. The van der Waals surface area contributed by atoms with Gasteiger partial charge in [0.1, 0.15) is 5.82 Å². The van der Waals surface area contributed by atoms with Crippen molar-refractivity contribution in [2.45, 2.75) is 5.62 Å². The topological polar surface area (TPSA) is 53.3 Å². The minimum atomic E-state index is -0.269. The van der Waals surface area contributed by atoms with Gasteiger partial charge in [-0.15, -0.1) is 0 Å². The van der Waals surface area contributed by atoms with Crippen LogP contribution in [0.3, 0.4) is 0 Å². The average molecular weight is 149 g/mol. The summed E-state index contributed by atoms with van der Waals surface area (Å²) in [6.07, 6.45) is 1.64. The van der Waals surface area contributed by atoms with Gasteiger partial charge < -0.3 is 16.1 Å². The molecule has 5 heteroatoms. The van der Waals surface area contributed by atoms with E-state index in [1.807, 2.05) is 0 Å². The largest absolute Gasteiger partial charge is 0.384 e. The molecule has 1 rings (SSSR count). The molecule has 9 heavy (non-hydrogen) atoms. The van der Waals surface area contributed by atoms with Gasteiger partial charge in [-0.2, -0.15) is 0 Å². The van der Waals surface area contributed by atoms with Crippen molar-refractivity contribution in [1.82, 2.24) is 15.8 Å². The Labute approximate surface area is 58.6 Å². The Balaban J connectivity index is 2.62. The number of hydrogen-bond acceptors (Lipinski definition) is 4. The minimum Gasteiger partial charge on any atom is -0.384 e. The molecule has 0 aromatic heterocycles. The van der Waals surface area contributed by atoms with E-state index in [2.05, 4.69) is 10.9 Å². The number of rotatable bonds is 0. The summed E-state index contributed by atoms with van der Waals surface area (Å²) in [6.45, 7) is 0. The van der Waals surface area contributed by atoms with E-state index < -0.39 is 0 Å². The first-order valence-corrected chi connectivity index (χ1v) is 2.99. The van der Waals surface area contributed by atoms with Gasteiger partial charge in [-0.1, -0.05) is 11.6 Å². The molecule has 0 aromatic rings. The van der Waals surface area contributed by atoms with Gasteiger partial charge in [0.05, 0.1) is 6.20 Å². The number of nitrogens with two attached hydrogens (primary N) is 1. The van der Waals surface area contributed by atoms with Crippen molar-refractivity contribution in [2.75, 3.05) is 7.05 Å². The molecule has 52 valence electrons. The summed E-state index contributed by atoms with van der Waals surface area (Å²) in [5, 5.41) is 0. The molecular formula is C4H9ClN4. The van der Waals surface area contributed by atoms with Crippen molar-refractivity contribution in [1.29, 1.82) is 0 Å². The fourth-order valence-corrected chi connectivity index (χ4v) is 0.690. The number of halogens is 1. The van der Waals surface area contributed by atoms with Crippen molar-refractivity contribution < 1.29 is 0 Å². The van der Waals surface area contributed by atoms with E-state index in [0.717, 1.165) is 0 Å². The molecule has 1 heterocycles. The molecule has 1 aliphatic rings. The summed E-state index contributed by atoms with van der Waals surface area (Å²) in [7, 11) is 1.80. The first-order valence-electron chi connectivity index (χ1n) is 2.55. The van der Waals surface area contributed by atoms with Crippen LogP contribution in [0.4, 0.5) is 0 Å². The molecule has 4 N–H and O–H groups in total. The van der Waals surface area contributed by atoms with Crippen LogP contribution in [0.5, 0.6) is 0 Å². The van der Waals surface area contributed by atoms with Crippen molar-refractivity contribution in [3.8, 4) is 0 Å². The van der Waals surface area contributed by atoms with Gasteiger partial charge in [-0.25, -0.2) is 5.43 Å². The average Bonchev–Trinajstić information content (AvgIpc) is 1.83. The molecule has 0 radical (unpaired) electrons. The third-order valence-corrected chi connectivity index (χ3v) is 1.57. The summed E-state index contributed by atoms with van der Waals surface area (Å²) in [5.41, 5.74) is 10.7. The van der Waals surface area contributed by atoms with Crippen LogP contribution in [-0.2, 0) is 0 Å². The Morgan fingerprint density at radius 2 is 2.56 bits per heavy atom. The lowest BCUT2D eigenvalue weighted by molar-refractivity contribution is 0.289. The fraction of sp³-hybridized carbons (Fsp3) is 0.500. The van der Waals surface area contributed by atoms with Gasteiger partial charge in [0.15, 0.2) is 5.62 Å². The summed E-state index contributed by atoms with van der Waals surface area (Å²) < 4.78 is 0. The number of hydrazine groups is 1. The monoisotopic (exact) mass is 148 g/mol. The molecule has 4 nitrogen and oxygen atoms in total. The second kappa shape index (κ2) is 2.33. The smallest absolute Gasteiger partial charge is 0.174 e. The third-order valence-electron chi connectivity index (χ3n) is 1.17. The molecule has 1 atom stereocenters. The quantitative estimate of drug-likeness (QED) is 0.314.